The summed E-state index contributed by atoms with van der Waals surface area (Å²) in [5, 5.41) is 34.4. The molecule has 0 aliphatic heterocycles. The largest absolute Gasteiger partial charge is 0.396 e. The van der Waals surface area contributed by atoms with E-state index in [-0.39, 0.29) is 19.6 Å². The lowest BCUT2D eigenvalue weighted by molar-refractivity contribution is -0.129. The van der Waals surface area contributed by atoms with E-state index in [1.807, 2.05) is 0 Å². The highest BCUT2D eigenvalue weighted by Crippen LogP contribution is 1.96. The second kappa shape index (κ2) is 10.3. The Labute approximate surface area is 89.1 Å². The van der Waals surface area contributed by atoms with E-state index in [4.69, 9.17) is 29.9 Å². The van der Waals surface area contributed by atoms with E-state index in [0.29, 0.717) is 26.2 Å². The van der Waals surface area contributed by atoms with E-state index in [1.165, 1.54) is 0 Å². The number of rotatable bonds is 10. The van der Waals surface area contributed by atoms with E-state index in [0.717, 1.165) is 0 Å². The minimum absolute atomic E-state index is 0.113. The summed E-state index contributed by atoms with van der Waals surface area (Å²) in [6.07, 6.45) is -2.10. The molecule has 0 fully saturated rings. The molecule has 15 heavy (non-hydrogen) atoms. The van der Waals surface area contributed by atoms with Crippen molar-refractivity contribution >= 4 is 0 Å². The van der Waals surface area contributed by atoms with Crippen LogP contribution < -0.4 is 0 Å². The maximum Gasteiger partial charge on any atom is 0.178 e. The molecule has 0 aromatic carbocycles. The quantitative estimate of drug-likeness (QED) is 0.265. The standard InChI is InChI=1S/C9H20O6/c10-3-1-4-14-6-7-15-5-2-8(11)9(12)13/h8-13H,1-7H2. The molecule has 92 valence electrons. The first-order chi connectivity index (χ1) is 7.18. The van der Waals surface area contributed by atoms with E-state index in [1.54, 1.807) is 0 Å². The van der Waals surface area contributed by atoms with Crippen molar-refractivity contribution < 1.29 is 29.9 Å². The minimum Gasteiger partial charge on any atom is -0.396 e. The molecule has 0 saturated heterocycles. The maximum absolute atomic E-state index is 8.96. The third kappa shape index (κ3) is 10.1. The van der Waals surface area contributed by atoms with Gasteiger partial charge < -0.3 is 29.9 Å². The van der Waals surface area contributed by atoms with Crippen LogP contribution in [-0.2, 0) is 9.47 Å². The third-order valence-corrected chi connectivity index (χ3v) is 1.72. The molecule has 0 aromatic rings. The van der Waals surface area contributed by atoms with Crippen molar-refractivity contribution in [1.29, 1.82) is 0 Å². The molecule has 1 unspecified atom stereocenters. The first kappa shape index (κ1) is 14.8. The van der Waals surface area contributed by atoms with Gasteiger partial charge in [-0.2, -0.15) is 0 Å². The molecule has 0 aromatic heterocycles. The van der Waals surface area contributed by atoms with Gasteiger partial charge >= 0.3 is 0 Å². The Morgan fingerprint density at radius 1 is 0.867 bits per heavy atom. The third-order valence-electron chi connectivity index (χ3n) is 1.72. The maximum atomic E-state index is 8.96. The fraction of sp³-hybridized carbons (Fsp3) is 1.00. The Kier molecular flexibility index (Phi) is 10.1. The average Bonchev–Trinajstić information content (AvgIpc) is 2.21. The first-order valence-corrected chi connectivity index (χ1v) is 4.99. The zero-order valence-electron chi connectivity index (χ0n) is 8.71. The number of aliphatic hydroxyl groups is 4. The van der Waals surface area contributed by atoms with Gasteiger partial charge in [-0.25, -0.2) is 0 Å². The summed E-state index contributed by atoms with van der Waals surface area (Å²) in [5.41, 5.74) is 0. The number of hydrogen-bond donors (Lipinski definition) is 4. The van der Waals surface area contributed by atoms with Gasteiger partial charge in [0.2, 0.25) is 0 Å². The summed E-state index contributed by atoms with van der Waals surface area (Å²) in [4.78, 5) is 0. The molecule has 0 amide bonds. The fourth-order valence-corrected chi connectivity index (χ4v) is 0.842. The van der Waals surface area contributed by atoms with Crippen LogP contribution in [0.25, 0.3) is 0 Å². The van der Waals surface area contributed by atoms with Crippen LogP contribution >= 0.6 is 0 Å². The highest BCUT2D eigenvalue weighted by molar-refractivity contribution is 4.55. The van der Waals surface area contributed by atoms with E-state index in [2.05, 4.69) is 0 Å². The van der Waals surface area contributed by atoms with Crippen molar-refractivity contribution in [2.24, 2.45) is 0 Å². The normalized spacial score (nSPS) is 13.4. The van der Waals surface area contributed by atoms with Crippen LogP contribution in [0.1, 0.15) is 12.8 Å². The molecule has 0 aliphatic carbocycles. The minimum atomic E-state index is -1.71. The topological polar surface area (TPSA) is 99.4 Å². The summed E-state index contributed by atoms with van der Waals surface area (Å²) in [7, 11) is 0. The van der Waals surface area contributed by atoms with Crippen molar-refractivity contribution in [2.75, 3.05) is 33.0 Å². The monoisotopic (exact) mass is 224 g/mol. The fourth-order valence-electron chi connectivity index (χ4n) is 0.842. The van der Waals surface area contributed by atoms with Crippen LogP contribution in [0.15, 0.2) is 0 Å². The predicted octanol–water partition coefficient (Wildman–Crippen LogP) is -1.54. The highest BCUT2D eigenvalue weighted by Gasteiger charge is 2.11. The van der Waals surface area contributed by atoms with Crippen molar-refractivity contribution in [3.8, 4) is 0 Å². The lowest BCUT2D eigenvalue weighted by Gasteiger charge is -2.12. The van der Waals surface area contributed by atoms with Crippen molar-refractivity contribution in [3.63, 3.8) is 0 Å². The van der Waals surface area contributed by atoms with Crippen molar-refractivity contribution in [3.05, 3.63) is 0 Å². The van der Waals surface area contributed by atoms with E-state index < -0.39 is 12.4 Å². The lowest BCUT2D eigenvalue weighted by atomic mass is 10.2. The summed E-state index contributed by atoms with van der Waals surface area (Å²) < 4.78 is 10.1. The highest BCUT2D eigenvalue weighted by atomic mass is 16.5. The Bertz CT molecular complexity index is 130. The van der Waals surface area contributed by atoms with Crippen LogP contribution in [0.2, 0.25) is 0 Å². The molecule has 0 spiro atoms. The van der Waals surface area contributed by atoms with Gasteiger partial charge in [-0.1, -0.05) is 0 Å². The molecule has 0 heterocycles. The molecular weight excluding hydrogens is 204 g/mol. The van der Waals surface area contributed by atoms with Crippen LogP contribution in [-0.4, -0.2) is 65.9 Å². The van der Waals surface area contributed by atoms with Crippen molar-refractivity contribution in [1.82, 2.24) is 0 Å². The molecule has 0 bridgehead atoms. The van der Waals surface area contributed by atoms with Crippen LogP contribution in [0, 0.1) is 0 Å². The zero-order chi connectivity index (χ0) is 11.5. The number of aliphatic hydroxyl groups excluding tert-OH is 3. The van der Waals surface area contributed by atoms with Gasteiger partial charge in [-0.3, -0.25) is 0 Å². The van der Waals surface area contributed by atoms with Gasteiger partial charge in [0, 0.05) is 26.2 Å². The zero-order valence-corrected chi connectivity index (χ0v) is 8.71. The van der Waals surface area contributed by atoms with Crippen molar-refractivity contribution in [2.45, 2.75) is 25.2 Å². The molecule has 0 radical (unpaired) electrons. The van der Waals surface area contributed by atoms with Gasteiger partial charge in [0.15, 0.2) is 6.29 Å². The van der Waals surface area contributed by atoms with E-state index in [9.17, 15) is 0 Å². The molecule has 1 atom stereocenters. The average molecular weight is 224 g/mol. The molecule has 4 N–H and O–H groups in total. The smallest absolute Gasteiger partial charge is 0.178 e. The summed E-state index contributed by atoms with van der Waals surface area (Å²) in [6, 6.07) is 0. The molecular formula is C9H20O6. The van der Waals surface area contributed by atoms with Gasteiger partial charge in [-0.05, 0) is 6.42 Å². The second-order valence-electron chi connectivity index (χ2n) is 3.07. The van der Waals surface area contributed by atoms with Gasteiger partial charge in [-0.15, -0.1) is 0 Å². The molecule has 0 saturated carbocycles. The SMILES string of the molecule is OCCCOCCOCCC(O)C(O)O. The summed E-state index contributed by atoms with van der Waals surface area (Å²) in [5.74, 6) is 0. The molecule has 0 aliphatic rings. The van der Waals surface area contributed by atoms with Crippen LogP contribution in [0.3, 0.4) is 0 Å². The molecule has 6 nitrogen and oxygen atoms in total. The van der Waals surface area contributed by atoms with Crippen LogP contribution in [0.4, 0.5) is 0 Å². The Hall–Kier alpha value is -0.240. The number of hydrogen-bond acceptors (Lipinski definition) is 6. The van der Waals surface area contributed by atoms with E-state index >= 15 is 0 Å². The number of ether oxygens (including phenoxy) is 2. The Morgan fingerprint density at radius 3 is 2.00 bits per heavy atom. The molecule has 6 heteroatoms. The summed E-state index contributed by atoms with van der Waals surface area (Å²) in [6.45, 7) is 1.68. The predicted molar refractivity (Wildman–Crippen MR) is 52.2 cm³/mol. The summed E-state index contributed by atoms with van der Waals surface area (Å²) >= 11 is 0. The lowest BCUT2D eigenvalue weighted by Crippen LogP contribution is -2.26. The second-order valence-corrected chi connectivity index (χ2v) is 3.07. The van der Waals surface area contributed by atoms with Gasteiger partial charge in [0.05, 0.1) is 13.2 Å². The van der Waals surface area contributed by atoms with Crippen LogP contribution in [0.5, 0.6) is 0 Å². The Balaban J connectivity index is 3.05. The van der Waals surface area contributed by atoms with Gasteiger partial charge in [0.25, 0.3) is 0 Å². The van der Waals surface area contributed by atoms with Gasteiger partial charge in [0.1, 0.15) is 6.10 Å². The Morgan fingerprint density at radius 2 is 1.47 bits per heavy atom. The molecule has 0 rings (SSSR count). The first-order valence-electron chi connectivity index (χ1n) is 4.99.